The summed E-state index contributed by atoms with van der Waals surface area (Å²) < 4.78 is 1.99. The van der Waals surface area contributed by atoms with Crippen LogP contribution in [-0.2, 0) is 7.05 Å². The fraction of sp³-hybridized carbons (Fsp3) is 0.214. The second kappa shape index (κ2) is 4.99. The fourth-order valence-electron chi connectivity index (χ4n) is 2.36. The van der Waals surface area contributed by atoms with Crippen LogP contribution in [0.4, 0.5) is 5.82 Å². The van der Waals surface area contributed by atoms with Gasteiger partial charge in [-0.05, 0) is 30.3 Å². The number of allylic oxidation sites excluding steroid dienone is 1. The van der Waals surface area contributed by atoms with Gasteiger partial charge in [-0.2, -0.15) is 0 Å². The smallest absolute Gasteiger partial charge is 0.141 e. The molecule has 1 atom stereocenters. The van der Waals surface area contributed by atoms with Gasteiger partial charge in [0.2, 0.25) is 0 Å². The molecule has 3 rings (SSSR count). The van der Waals surface area contributed by atoms with Crippen LogP contribution in [0.5, 0.6) is 0 Å². The van der Waals surface area contributed by atoms with Crippen LogP contribution >= 0.6 is 34.8 Å². The van der Waals surface area contributed by atoms with Gasteiger partial charge in [0.1, 0.15) is 27.9 Å². The lowest BCUT2D eigenvalue weighted by Crippen LogP contribution is -2.21. The summed E-state index contributed by atoms with van der Waals surface area (Å²) in [6.07, 6.45) is 1.78. The molecule has 1 aromatic carbocycles. The molecule has 0 saturated carbocycles. The van der Waals surface area contributed by atoms with E-state index in [0.717, 1.165) is 22.9 Å². The number of fused-ring (bicyclic) bond motifs is 1. The average molecular weight is 329 g/mol. The minimum absolute atomic E-state index is 0.319. The highest BCUT2D eigenvalue weighted by molar-refractivity contribution is 6.33. The summed E-state index contributed by atoms with van der Waals surface area (Å²) in [6, 6.07) is 7.57. The monoisotopic (exact) mass is 327 g/mol. The Hall–Kier alpha value is -1.16. The van der Waals surface area contributed by atoms with Gasteiger partial charge in [-0.15, -0.1) is 11.6 Å². The predicted octanol–water partition coefficient (Wildman–Crippen LogP) is 4.55. The maximum absolute atomic E-state index is 6.32. The molecule has 3 nitrogen and oxygen atoms in total. The highest BCUT2D eigenvalue weighted by Crippen LogP contribution is 2.40. The van der Waals surface area contributed by atoms with Crippen LogP contribution in [0.2, 0.25) is 5.02 Å². The van der Waals surface area contributed by atoms with Gasteiger partial charge in [-0.1, -0.05) is 23.2 Å². The molecule has 0 radical (unpaired) electrons. The molecular weight excluding hydrogens is 317 g/mol. The maximum atomic E-state index is 6.32. The van der Waals surface area contributed by atoms with Gasteiger partial charge in [-0.3, -0.25) is 0 Å². The van der Waals surface area contributed by atoms with Crippen molar-refractivity contribution in [3.05, 3.63) is 46.2 Å². The summed E-state index contributed by atoms with van der Waals surface area (Å²) in [7, 11) is 3.85. The molecule has 104 valence electrons. The van der Waals surface area contributed by atoms with E-state index in [4.69, 9.17) is 34.8 Å². The Kier molecular flexibility index (Phi) is 3.44. The predicted molar refractivity (Wildman–Crippen MR) is 84.6 cm³/mol. The van der Waals surface area contributed by atoms with Crippen molar-refractivity contribution in [2.24, 2.45) is 7.05 Å². The van der Waals surface area contributed by atoms with Crippen molar-refractivity contribution in [3.63, 3.8) is 0 Å². The van der Waals surface area contributed by atoms with Crippen LogP contribution in [0.25, 0.3) is 11.4 Å². The van der Waals surface area contributed by atoms with E-state index in [2.05, 4.69) is 4.98 Å². The number of benzene rings is 1. The summed E-state index contributed by atoms with van der Waals surface area (Å²) in [5.41, 5.74) is 1.80. The lowest BCUT2D eigenvalue weighted by Gasteiger charge is -2.25. The first kappa shape index (κ1) is 13.8. The molecule has 0 spiro atoms. The Labute approximate surface area is 132 Å². The molecule has 20 heavy (non-hydrogen) atoms. The summed E-state index contributed by atoms with van der Waals surface area (Å²) in [4.78, 5) is 6.54. The maximum Gasteiger partial charge on any atom is 0.141 e. The lowest BCUT2D eigenvalue weighted by molar-refractivity contribution is 0.881. The quantitative estimate of drug-likeness (QED) is 0.565. The van der Waals surface area contributed by atoms with E-state index < -0.39 is 0 Å². The van der Waals surface area contributed by atoms with Crippen molar-refractivity contribution in [1.82, 2.24) is 9.55 Å². The van der Waals surface area contributed by atoms with Gasteiger partial charge in [-0.25, -0.2) is 4.98 Å². The van der Waals surface area contributed by atoms with Crippen LogP contribution in [0.15, 0.2) is 35.5 Å². The number of anilines is 1. The standard InChI is InChI=1S/C14H12Cl3N3/c1-19-11(17)7-10(16)12-14(19)20(2)13(18-12)8-3-5-9(15)6-4-8/h3-7,10H,1-2H3. The first-order chi connectivity index (χ1) is 9.49. The first-order valence-corrected chi connectivity index (χ1v) is 7.26. The van der Waals surface area contributed by atoms with Gasteiger partial charge < -0.3 is 9.47 Å². The van der Waals surface area contributed by atoms with Crippen molar-refractivity contribution in [2.75, 3.05) is 11.9 Å². The molecule has 0 fully saturated rings. The zero-order valence-electron chi connectivity index (χ0n) is 10.9. The van der Waals surface area contributed by atoms with Gasteiger partial charge in [0.05, 0.1) is 0 Å². The van der Waals surface area contributed by atoms with Crippen molar-refractivity contribution < 1.29 is 0 Å². The third kappa shape index (κ3) is 2.10. The molecule has 2 aromatic rings. The number of hydrogen-bond donors (Lipinski definition) is 0. The Morgan fingerprint density at radius 2 is 1.75 bits per heavy atom. The number of alkyl halides is 1. The van der Waals surface area contributed by atoms with Crippen LogP contribution in [-0.4, -0.2) is 16.6 Å². The molecule has 1 unspecified atom stereocenters. The molecule has 6 heteroatoms. The number of nitrogens with zero attached hydrogens (tertiary/aromatic N) is 3. The molecule has 0 bridgehead atoms. The Bertz CT molecular complexity index is 688. The number of halogens is 3. The van der Waals surface area contributed by atoms with E-state index in [9.17, 15) is 0 Å². The van der Waals surface area contributed by atoms with E-state index in [1.54, 1.807) is 6.08 Å². The minimum Gasteiger partial charge on any atom is -0.320 e. The van der Waals surface area contributed by atoms with E-state index in [1.807, 2.05) is 47.8 Å². The van der Waals surface area contributed by atoms with Crippen LogP contribution < -0.4 is 4.90 Å². The fourth-order valence-corrected chi connectivity index (χ4v) is 3.03. The van der Waals surface area contributed by atoms with Crippen LogP contribution in [0.3, 0.4) is 0 Å². The van der Waals surface area contributed by atoms with Crippen molar-refractivity contribution in [3.8, 4) is 11.4 Å². The summed E-state index contributed by atoms with van der Waals surface area (Å²) >= 11 is 18.4. The zero-order chi connectivity index (χ0) is 14.4. The Morgan fingerprint density at radius 3 is 2.40 bits per heavy atom. The normalized spacial score (nSPS) is 17.9. The van der Waals surface area contributed by atoms with Crippen LogP contribution in [0, 0.1) is 0 Å². The van der Waals surface area contributed by atoms with E-state index in [0.29, 0.717) is 10.2 Å². The van der Waals surface area contributed by atoms with Crippen LogP contribution in [0.1, 0.15) is 11.1 Å². The first-order valence-electron chi connectivity index (χ1n) is 6.06. The molecule has 0 saturated heterocycles. The highest BCUT2D eigenvalue weighted by atomic mass is 35.5. The second-order valence-corrected chi connectivity index (χ2v) is 5.95. The van der Waals surface area contributed by atoms with Gasteiger partial charge in [0, 0.05) is 24.7 Å². The molecular formula is C14H12Cl3N3. The topological polar surface area (TPSA) is 21.1 Å². The lowest BCUT2D eigenvalue weighted by atomic mass is 10.2. The molecule has 1 aliphatic heterocycles. The third-order valence-electron chi connectivity index (χ3n) is 3.38. The van der Waals surface area contributed by atoms with Crippen molar-refractivity contribution >= 4 is 40.6 Å². The Morgan fingerprint density at radius 1 is 1.10 bits per heavy atom. The highest BCUT2D eigenvalue weighted by Gasteiger charge is 2.28. The molecule has 0 N–H and O–H groups in total. The number of rotatable bonds is 1. The van der Waals surface area contributed by atoms with E-state index in [-0.39, 0.29) is 5.38 Å². The summed E-state index contributed by atoms with van der Waals surface area (Å²) in [6.45, 7) is 0. The number of hydrogen-bond acceptors (Lipinski definition) is 2. The van der Waals surface area contributed by atoms with Crippen molar-refractivity contribution in [1.29, 1.82) is 0 Å². The SMILES string of the molecule is CN1C(Cl)=CC(Cl)c2nc(-c3ccc(Cl)cc3)n(C)c21. The second-order valence-electron chi connectivity index (χ2n) is 4.66. The minimum atomic E-state index is -0.319. The molecule has 0 amide bonds. The third-order valence-corrected chi connectivity index (χ3v) is 4.34. The largest absolute Gasteiger partial charge is 0.320 e. The van der Waals surface area contributed by atoms with Gasteiger partial charge in [0.15, 0.2) is 0 Å². The zero-order valence-corrected chi connectivity index (χ0v) is 13.2. The number of imidazole rings is 1. The van der Waals surface area contributed by atoms with E-state index >= 15 is 0 Å². The van der Waals surface area contributed by atoms with E-state index in [1.165, 1.54) is 0 Å². The molecule has 2 heterocycles. The van der Waals surface area contributed by atoms with Gasteiger partial charge >= 0.3 is 0 Å². The average Bonchev–Trinajstić information content (AvgIpc) is 2.76. The molecule has 0 aliphatic carbocycles. The Balaban J connectivity index is 2.15. The summed E-state index contributed by atoms with van der Waals surface area (Å²) in [5, 5.41) is 0.980. The van der Waals surface area contributed by atoms with Gasteiger partial charge in [0.25, 0.3) is 0 Å². The van der Waals surface area contributed by atoms with Crippen molar-refractivity contribution in [2.45, 2.75) is 5.38 Å². The molecule has 1 aliphatic rings. The summed E-state index contributed by atoms with van der Waals surface area (Å²) in [5.74, 6) is 1.74. The number of aromatic nitrogens is 2. The molecule has 1 aromatic heterocycles.